The van der Waals surface area contributed by atoms with Gasteiger partial charge in [-0.3, -0.25) is 19.9 Å². The summed E-state index contributed by atoms with van der Waals surface area (Å²) >= 11 is 3.07. The molecule has 0 unspecified atom stereocenters. The fraction of sp³-hybridized carbons (Fsp3) is 0. The van der Waals surface area contributed by atoms with Crippen molar-refractivity contribution in [2.45, 2.75) is 0 Å². The van der Waals surface area contributed by atoms with E-state index in [1.807, 2.05) is 0 Å². The molecule has 0 aliphatic heterocycles. The Morgan fingerprint density at radius 2 is 2.15 bits per heavy atom. The number of nitrogens with one attached hydrogen (secondary N) is 1. The molecular weight excluding hydrogens is 328 g/mol. The van der Waals surface area contributed by atoms with E-state index in [0.717, 1.165) is 0 Å². The number of anilines is 2. The lowest BCUT2D eigenvalue weighted by molar-refractivity contribution is -0.385. The van der Waals surface area contributed by atoms with Gasteiger partial charge in [-0.2, -0.15) is 0 Å². The van der Waals surface area contributed by atoms with Crippen LogP contribution in [0.15, 0.2) is 41.1 Å². The molecule has 3 N–H and O–H groups in total. The number of hydrogen-bond acceptors (Lipinski definition) is 5. The van der Waals surface area contributed by atoms with E-state index in [4.69, 9.17) is 5.73 Å². The van der Waals surface area contributed by atoms with Crippen molar-refractivity contribution in [1.82, 2.24) is 4.98 Å². The number of nitrogens with two attached hydrogens (primary N) is 1. The van der Waals surface area contributed by atoms with Gasteiger partial charge >= 0.3 is 0 Å². The van der Waals surface area contributed by atoms with Gasteiger partial charge < -0.3 is 11.1 Å². The summed E-state index contributed by atoms with van der Waals surface area (Å²) in [6.45, 7) is 0. The number of aromatic nitrogens is 1. The van der Waals surface area contributed by atoms with Gasteiger partial charge in [-0.1, -0.05) is 0 Å². The molecule has 0 saturated heterocycles. The van der Waals surface area contributed by atoms with Crippen LogP contribution in [0.1, 0.15) is 10.4 Å². The van der Waals surface area contributed by atoms with E-state index < -0.39 is 10.8 Å². The molecule has 0 atom stereocenters. The second-order valence-electron chi connectivity index (χ2n) is 3.84. The molecule has 0 radical (unpaired) electrons. The average Bonchev–Trinajstić information content (AvgIpc) is 2.41. The summed E-state index contributed by atoms with van der Waals surface area (Å²) in [6.07, 6.45) is 2.80. The molecule has 0 aliphatic rings. The standard InChI is InChI=1S/C12H9BrN4O3/c13-9-2-1-7(5-11(9)17(19)20)16-12(18)8-3-4-15-6-10(8)14/h1-6H,14H2,(H,16,18). The molecule has 8 heteroatoms. The van der Waals surface area contributed by atoms with Gasteiger partial charge in [0.2, 0.25) is 0 Å². The molecule has 0 fully saturated rings. The van der Waals surface area contributed by atoms with Gasteiger partial charge in [-0.25, -0.2) is 0 Å². The number of pyridine rings is 1. The van der Waals surface area contributed by atoms with Gasteiger partial charge in [0.1, 0.15) is 0 Å². The summed E-state index contributed by atoms with van der Waals surface area (Å²) in [5.41, 5.74) is 6.30. The van der Waals surface area contributed by atoms with Crippen LogP contribution in [0, 0.1) is 10.1 Å². The highest BCUT2D eigenvalue weighted by atomic mass is 79.9. The SMILES string of the molecule is Nc1cnccc1C(=O)Nc1ccc(Br)c([N+](=O)[O-])c1. The lowest BCUT2D eigenvalue weighted by Crippen LogP contribution is -2.14. The highest BCUT2D eigenvalue weighted by molar-refractivity contribution is 9.10. The zero-order chi connectivity index (χ0) is 14.7. The van der Waals surface area contributed by atoms with E-state index >= 15 is 0 Å². The molecule has 0 aliphatic carbocycles. The number of rotatable bonds is 3. The molecule has 1 amide bonds. The molecule has 20 heavy (non-hydrogen) atoms. The fourth-order valence-electron chi connectivity index (χ4n) is 1.54. The maximum Gasteiger partial charge on any atom is 0.285 e. The molecule has 0 saturated carbocycles. The van der Waals surface area contributed by atoms with Crippen LogP contribution in [0.25, 0.3) is 0 Å². The van der Waals surface area contributed by atoms with Crippen LogP contribution in [-0.2, 0) is 0 Å². The van der Waals surface area contributed by atoms with Crippen molar-refractivity contribution >= 4 is 38.9 Å². The van der Waals surface area contributed by atoms with Gasteiger partial charge in [0, 0.05) is 18.0 Å². The first kappa shape index (κ1) is 13.9. The number of carbonyl (C=O) groups is 1. The number of benzene rings is 1. The predicted molar refractivity (Wildman–Crippen MR) is 77.4 cm³/mol. The van der Waals surface area contributed by atoms with Crippen LogP contribution in [0.3, 0.4) is 0 Å². The van der Waals surface area contributed by atoms with E-state index in [9.17, 15) is 14.9 Å². The van der Waals surface area contributed by atoms with Crippen LogP contribution < -0.4 is 11.1 Å². The molecular formula is C12H9BrN4O3. The second kappa shape index (κ2) is 5.66. The molecule has 0 spiro atoms. The molecule has 0 bridgehead atoms. The Kier molecular flexibility index (Phi) is 3.94. The van der Waals surface area contributed by atoms with Crippen molar-refractivity contribution < 1.29 is 9.72 Å². The van der Waals surface area contributed by atoms with Crippen molar-refractivity contribution in [3.63, 3.8) is 0 Å². The maximum atomic E-state index is 12.0. The van der Waals surface area contributed by atoms with Crippen molar-refractivity contribution in [3.05, 3.63) is 56.8 Å². The van der Waals surface area contributed by atoms with Gasteiger partial charge in [0.15, 0.2) is 0 Å². The number of nitrogens with zero attached hydrogens (tertiary/aromatic N) is 2. The largest absolute Gasteiger partial charge is 0.397 e. The summed E-state index contributed by atoms with van der Waals surface area (Å²) in [4.78, 5) is 26.1. The summed E-state index contributed by atoms with van der Waals surface area (Å²) in [7, 11) is 0. The Morgan fingerprint density at radius 3 is 2.80 bits per heavy atom. The molecule has 1 aromatic heterocycles. The van der Waals surface area contributed by atoms with Gasteiger partial charge in [0.05, 0.1) is 26.8 Å². The summed E-state index contributed by atoms with van der Waals surface area (Å²) in [6, 6.07) is 5.77. The Bertz CT molecular complexity index is 690. The predicted octanol–water partition coefficient (Wildman–Crippen LogP) is 2.59. The zero-order valence-corrected chi connectivity index (χ0v) is 11.6. The van der Waals surface area contributed by atoms with Gasteiger partial charge in [-0.05, 0) is 34.1 Å². The third-order valence-electron chi connectivity index (χ3n) is 2.50. The molecule has 2 rings (SSSR count). The normalized spacial score (nSPS) is 10.1. The topological polar surface area (TPSA) is 111 Å². The smallest absolute Gasteiger partial charge is 0.285 e. The minimum absolute atomic E-state index is 0.134. The third kappa shape index (κ3) is 2.91. The molecule has 102 valence electrons. The van der Waals surface area contributed by atoms with Gasteiger partial charge in [0.25, 0.3) is 11.6 Å². The molecule has 2 aromatic rings. The lowest BCUT2D eigenvalue weighted by atomic mass is 10.2. The van der Waals surface area contributed by atoms with Crippen LogP contribution in [0.4, 0.5) is 17.1 Å². The summed E-state index contributed by atoms with van der Waals surface area (Å²) in [5.74, 6) is -0.457. The van der Waals surface area contributed by atoms with E-state index in [2.05, 4.69) is 26.2 Å². The number of amides is 1. The highest BCUT2D eigenvalue weighted by Gasteiger charge is 2.15. The zero-order valence-electron chi connectivity index (χ0n) is 10.0. The minimum atomic E-state index is -0.541. The number of halogens is 1. The van der Waals surface area contributed by atoms with E-state index in [0.29, 0.717) is 10.2 Å². The Labute approximate surface area is 122 Å². The molecule has 1 aromatic carbocycles. The molecule has 7 nitrogen and oxygen atoms in total. The Hall–Kier alpha value is -2.48. The first-order chi connectivity index (χ1) is 9.49. The number of hydrogen-bond donors (Lipinski definition) is 2. The van der Waals surface area contributed by atoms with Crippen LogP contribution >= 0.6 is 15.9 Å². The summed E-state index contributed by atoms with van der Waals surface area (Å²) < 4.78 is 0.337. The third-order valence-corrected chi connectivity index (χ3v) is 3.17. The van der Waals surface area contributed by atoms with E-state index in [1.54, 1.807) is 6.07 Å². The maximum absolute atomic E-state index is 12.0. The quantitative estimate of drug-likeness (QED) is 0.660. The highest BCUT2D eigenvalue weighted by Crippen LogP contribution is 2.28. The minimum Gasteiger partial charge on any atom is -0.397 e. The lowest BCUT2D eigenvalue weighted by Gasteiger charge is -2.07. The van der Waals surface area contributed by atoms with Crippen molar-refractivity contribution in [1.29, 1.82) is 0 Å². The number of carbonyl (C=O) groups excluding carboxylic acids is 1. The van der Waals surface area contributed by atoms with Crippen molar-refractivity contribution in [2.75, 3.05) is 11.1 Å². The van der Waals surface area contributed by atoms with Crippen LogP contribution in [0.5, 0.6) is 0 Å². The van der Waals surface area contributed by atoms with E-state index in [-0.39, 0.29) is 16.9 Å². The van der Waals surface area contributed by atoms with E-state index in [1.165, 1.54) is 30.6 Å². The van der Waals surface area contributed by atoms with Crippen molar-refractivity contribution in [3.8, 4) is 0 Å². The second-order valence-corrected chi connectivity index (χ2v) is 4.69. The first-order valence-corrected chi connectivity index (χ1v) is 6.23. The van der Waals surface area contributed by atoms with Gasteiger partial charge in [-0.15, -0.1) is 0 Å². The average molecular weight is 337 g/mol. The first-order valence-electron chi connectivity index (χ1n) is 5.44. The summed E-state index contributed by atoms with van der Waals surface area (Å²) in [5, 5.41) is 13.4. The Balaban J connectivity index is 2.27. The van der Waals surface area contributed by atoms with Crippen molar-refractivity contribution in [2.24, 2.45) is 0 Å². The Morgan fingerprint density at radius 1 is 1.40 bits per heavy atom. The number of nitro groups is 1. The fourth-order valence-corrected chi connectivity index (χ4v) is 1.93. The van der Waals surface area contributed by atoms with Crippen LogP contribution in [0.2, 0.25) is 0 Å². The number of nitro benzene ring substituents is 1. The monoisotopic (exact) mass is 336 g/mol. The molecule has 1 heterocycles. The van der Waals surface area contributed by atoms with Crippen LogP contribution in [-0.4, -0.2) is 15.8 Å². The number of nitrogen functional groups attached to an aromatic ring is 1.